The molecule has 1 atom stereocenters. The monoisotopic (exact) mass is 416 g/mol. The largest absolute Gasteiger partial charge is 0.485 e. The number of ether oxygens (including phenoxy) is 2. The van der Waals surface area contributed by atoms with Crippen molar-refractivity contribution >= 4 is 38.3 Å². The van der Waals surface area contributed by atoms with Crippen molar-refractivity contribution in [2.24, 2.45) is 0 Å². The van der Waals surface area contributed by atoms with E-state index in [1.165, 1.54) is 16.9 Å². The third-order valence-corrected chi connectivity index (χ3v) is 6.25. The second kappa shape index (κ2) is 7.46. The van der Waals surface area contributed by atoms with Crippen molar-refractivity contribution < 1.29 is 14.3 Å². The third-order valence-electron chi connectivity index (χ3n) is 5.23. The van der Waals surface area contributed by atoms with Gasteiger partial charge in [-0.2, -0.15) is 0 Å². The minimum atomic E-state index is -0.756. The predicted octanol–water partition coefficient (Wildman–Crippen LogP) is 5.42. The van der Waals surface area contributed by atoms with Gasteiger partial charge < -0.3 is 9.47 Å². The summed E-state index contributed by atoms with van der Waals surface area (Å²) in [5.41, 5.74) is 3.91. The maximum absolute atomic E-state index is 13.7. The van der Waals surface area contributed by atoms with Crippen LogP contribution < -0.4 is 14.4 Å². The molecule has 0 unspecified atom stereocenters. The molecule has 0 saturated carbocycles. The van der Waals surface area contributed by atoms with Gasteiger partial charge in [0, 0.05) is 0 Å². The van der Waals surface area contributed by atoms with E-state index in [0.29, 0.717) is 16.6 Å². The molecule has 1 aliphatic heterocycles. The number of aromatic nitrogens is 1. The number of thiazole rings is 1. The molecule has 1 amide bonds. The highest BCUT2D eigenvalue weighted by Crippen LogP contribution is 2.37. The fraction of sp³-hybridized carbons (Fsp3) is 0.167. The number of hydrogen-bond acceptors (Lipinski definition) is 5. The molecule has 150 valence electrons. The van der Waals surface area contributed by atoms with E-state index in [4.69, 9.17) is 14.5 Å². The topological polar surface area (TPSA) is 51.7 Å². The van der Waals surface area contributed by atoms with Crippen molar-refractivity contribution in [3.05, 3.63) is 77.9 Å². The van der Waals surface area contributed by atoms with Gasteiger partial charge in [-0.25, -0.2) is 4.98 Å². The molecule has 2 heterocycles. The number of rotatable bonds is 3. The van der Waals surface area contributed by atoms with Gasteiger partial charge in [-0.3, -0.25) is 9.69 Å². The standard InChI is InChI=1S/C24H20N2O3S/c1-15-11-12-17(13-16(15)2)26(24-25-18-7-3-6-10-22(18)30-24)23(27)21-14-28-19-8-4-5-9-20(19)29-21/h3-13,21H,14H2,1-2H3/t21-/m0/s1. The fourth-order valence-electron chi connectivity index (χ4n) is 3.44. The SMILES string of the molecule is Cc1ccc(N(C(=O)[C@@H]2COc3ccccc3O2)c2nc3ccccc3s2)cc1C. The number of anilines is 2. The van der Waals surface area contributed by atoms with Crippen molar-refractivity contribution in [1.82, 2.24) is 4.98 Å². The molecule has 0 aliphatic carbocycles. The van der Waals surface area contributed by atoms with Crippen molar-refractivity contribution in [3.63, 3.8) is 0 Å². The van der Waals surface area contributed by atoms with Crippen molar-refractivity contribution in [3.8, 4) is 11.5 Å². The van der Waals surface area contributed by atoms with Crippen molar-refractivity contribution in [2.45, 2.75) is 20.0 Å². The maximum Gasteiger partial charge on any atom is 0.278 e. The lowest BCUT2D eigenvalue weighted by molar-refractivity contribution is -0.126. The predicted molar refractivity (Wildman–Crippen MR) is 119 cm³/mol. The highest BCUT2D eigenvalue weighted by Gasteiger charge is 2.34. The van der Waals surface area contributed by atoms with Crippen LogP contribution in [0.1, 0.15) is 11.1 Å². The molecule has 1 aromatic heterocycles. The molecular weight excluding hydrogens is 396 g/mol. The van der Waals surface area contributed by atoms with Gasteiger partial charge in [-0.05, 0) is 61.4 Å². The lowest BCUT2D eigenvalue weighted by Crippen LogP contribution is -2.44. The first-order valence-corrected chi connectivity index (χ1v) is 10.6. The summed E-state index contributed by atoms with van der Waals surface area (Å²) in [5.74, 6) is 1.03. The van der Waals surface area contributed by atoms with Crippen LogP contribution in [0.4, 0.5) is 10.8 Å². The molecule has 0 radical (unpaired) electrons. The Morgan fingerprint density at radius 3 is 2.57 bits per heavy atom. The first-order chi connectivity index (χ1) is 14.6. The average molecular weight is 417 g/mol. The van der Waals surface area contributed by atoms with Crippen LogP contribution in [0.2, 0.25) is 0 Å². The lowest BCUT2D eigenvalue weighted by Gasteiger charge is -2.29. The number of fused-ring (bicyclic) bond motifs is 2. The second-order valence-corrected chi connectivity index (χ2v) is 8.28. The Kier molecular flexibility index (Phi) is 4.64. The average Bonchev–Trinajstić information content (AvgIpc) is 3.19. The van der Waals surface area contributed by atoms with Crippen LogP contribution >= 0.6 is 11.3 Å². The van der Waals surface area contributed by atoms with Gasteiger partial charge >= 0.3 is 0 Å². The highest BCUT2D eigenvalue weighted by atomic mass is 32.1. The van der Waals surface area contributed by atoms with E-state index >= 15 is 0 Å². The molecule has 0 saturated heterocycles. The Hall–Kier alpha value is -3.38. The number of nitrogens with zero attached hydrogens (tertiary/aromatic N) is 2. The Balaban J connectivity index is 1.57. The molecule has 0 bridgehead atoms. The Labute approximate surface area is 178 Å². The van der Waals surface area contributed by atoms with Crippen LogP contribution in [0, 0.1) is 13.8 Å². The van der Waals surface area contributed by atoms with Gasteiger partial charge in [0.15, 0.2) is 16.6 Å². The van der Waals surface area contributed by atoms with E-state index < -0.39 is 6.10 Å². The smallest absolute Gasteiger partial charge is 0.278 e. The summed E-state index contributed by atoms with van der Waals surface area (Å²) in [6.45, 7) is 4.25. The highest BCUT2D eigenvalue weighted by molar-refractivity contribution is 7.22. The van der Waals surface area contributed by atoms with Gasteiger partial charge in [0.1, 0.15) is 6.61 Å². The molecule has 6 heteroatoms. The first kappa shape index (κ1) is 18.6. The Morgan fingerprint density at radius 1 is 1.00 bits per heavy atom. The van der Waals surface area contributed by atoms with Gasteiger partial charge in [-0.1, -0.05) is 41.7 Å². The quantitative estimate of drug-likeness (QED) is 0.448. The van der Waals surface area contributed by atoms with Crippen LogP contribution in [0.3, 0.4) is 0 Å². The van der Waals surface area contributed by atoms with Gasteiger partial charge in [0.2, 0.25) is 6.10 Å². The number of carbonyl (C=O) groups excluding carboxylic acids is 1. The number of carbonyl (C=O) groups is 1. The normalized spacial score (nSPS) is 15.2. The molecular formula is C24H20N2O3S. The van der Waals surface area contributed by atoms with Crippen LogP contribution in [0.25, 0.3) is 10.2 Å². The number of hydrogen-bond donors (Lipinski definition) is 0. The fourth-order valence-corrected chi connectivity index (χ4v) is 4.43. The summed E-state index contributed by atoms with van der Waals surface area (Å²) in [7, 11) is 0. The zero-order valence-corrected chi connectivity index (χ0v) is 17.5. The molecule has 1 aliphatic rings. The van der Waals surface area contributed by atoms with Crippen molar-refractivity contribution in [1.29, 1.82) is 0 Å². The summed E-state index contributed by atoms with van der Waals surface area (Å²) in [5, 5.41) is 0.618. The van der Waals surface area contributed by atoms with E-state index in [1.54, 1.807) is 4.90 Å². The summed E-state index contributed by atoms with van der Waals surface area (Å²) < 4.78 is 12.8. The van der Waals surface area contributed by atoms with Crippen LogP contribution in [-0.2, 0) is 4.79 Å². The maximum atomic E-state index is 13.7. The Morgan fingerprint density at radius 2 is 1.77 bits per heavy atom. The summed E-state index contributed by atoms with van der Waals surface area (Å²) in [6.07, 6.45) is -0.756. The molecule has 0 spiro atoms. The van der Waals surface area contributed by atoms with E-state index in [2.05, 4.69) is 6.92 Å². The number of aryl methyl sites for hydroxylation is 2. The minimum absolute atomic E-state index is 0.155. The Bertz CT molecular complexity index is 1220. The van der Waals surface area contributed by atoms with E-state index in [1.807, 2.05) is 73.7 Å². The molecule has 30 heavy (non-hydrogen) atoms. The zero-order valence-electron chi connectivity index (χ0n) is 16.7. The van der Waals surface area contributed by atoms with Gasteiger partial charge in [0.05, 0.1) is 15.9 Å². The van der Waals surface area contributed by atoms with Gasteiger partial charge in [0.25, 0.3) is 5.91 Å². The van der Waals surface area contributed by atoms with E-state index in [0.717, 1.165) is 21.5 Å². The van der Waals surface area contributed by atoms with E-state index in [9.17, 15) is 4.79 Å². The zero-order chi connectivity index (χ0) is 20.7. The molecule has 0 N–H and O–H groups in total. The summed E-state index contributed by atoms with van der Waals surface area (Å²) in [6, 6.07) is 21.3. The number of para-hydroxylation sites is 3. The molecule has 5 nitrogen and oxygen atoms in total. The van der Waals surface area contributed by atoms with Crippen LogP contribution in [0.15, 0.2) is 66.7 Å². The molecule has 0 fully saturated rings. The third kappa shape index (κ3) is 3.29. The summed E-state index contributed by atoms with van der Waals surface area (Å²) in [4.78, 5) is 20.1. The second-order valence-electron chi connectivity index (χ2n) is 7.27. The lowest BCUT2D eigenvalue weighted by atomic mass is 10.1. The van der Waals surface area contributed by atoms with Crippen LogP contribution in [0.5, 0.6) is 11.5 Å². The molecule has 4 aromatic rings. The number of benzene rings is 3. The molecule has 5 rings (SSSR count). The summed E-state index contributed by atoms with van der Waals surface area (Å²) >= 11 is 1.49. The molecule has 3 aromatic carbocycles. The van der Waals surface area contributed by atoms with Crippen molar-refractivity contribution in [2.75, 3.05) is 11.5 Å². The first-order valence-electron chi connectivity index (χ1n) is 9.75. The van der Waals surface area contributed by atoms with Gasteiger partial charge in [-0.15, -0.1) is 0 Å². The minimum Gasteiger partial charge on any atom is -0.485 e. The van der Waals surface area contributed by atoms with Crippen LogP contribution in [-0.4, -0.2) is 23.6 Å². The number of amides is 1. The van der Waals surface area contributed by atoms with E-state index in [-0.39, 0.29) is 12.5 Å².